The molecule has 3 aromatic rings. The average molecular weight is 515 g/mol. The molecule has 2 heterocycles. The van der Waals surface area contributed by atoms with Crippen molar-refractivity contribution in [3.63, 3.8) is 0 Å². The van der Waals surface area contributed by atoms with Crippen molar-refractivity contribution in [2.75, 3.05) is 28.2 Å². The van der Waals surface area contributed by atoms with Crippen LogP contribution in [-0.4, -0.2) is 57.6 Å². The first-order chi connectivity index (χ1) is 14.3. The number of halogens is 1. The summed E-state index contributed by atoms with van der Waals surface area (Å²) in [4.78, 5) is 12.6. The van der Waals surface area contributed by atoms with Gasteiger partial charge in [0.2, 0.25) is 5.95 Å². The van der Waals surface area contributed by atoms with Gasteiger partial charge in [0.25, 0.3) is 16.0 Å². The molecule has 30 heavy (non-hydrogen) atoms. The molecule has 3 rings (SSSR count). The molecular weight excluding hydrogens is 496 g/mol. The van der Waals surface area contributed by atoms with Gasteiger partial charge in [0, 0.05) is 17.9 Å². The summed E-state index contributed by atoms with van der Waals surface area (Å²) in [6, 6.07) is 5.89. The van der Waals surface area contributed by atoms with E-state index in [1.807, 2.05) is 6.92 Å². The van der Waals surface area contributed by atoms with E-state index in [4.69, 9.17) is 0 Å². The number of nitrogens with zero attached hydrogens (tertiary/aromatic N) is 4. The first kappa shape index (κ1) is 22.3. The van der Waals surface area contributed by atoms with E-state index < -0.39 is 10.0 Å². The zero-order valence-corrected chi connectivity index (χ0v) is 19.1. The fraction of sp³-hybridized carbons (Fsp3) is 0.250. The molecule has 5 N–H and O–H groups in total. The van der Waals surface area contributed by atoms with Gasteiger partial charge in [-0.1, -0.05) is 11.8 Å². The molecule has 0 saturated carbocycles. The molecule has 0 unspecified atom stereocenters. The number of thioether (sulfide) groups is 1. The van der Waals surface area contributed by atoms with Crippen LogP contribution in [0.5, 0.6) is 0 Å². The van der Waals surface area contributed by atoms with Gasteiger partial charge < -0.3 is 15.7 Å². The Morgan fingerprint density at radius 2 is 1.97 bits per heavy atom. The minimum absolute atomic E-state index is 0.0260. The quantitative estimate of drug-likeness (QED) is 0.268. The van der Waals surface area contributed by atoms with Crippen LogP contribution in [0.15, 0.2) is 45.0 Å². The van der Waals surface area contributed by atoms with Crippen molar-refractivity contribution >= 4 is 61.1 Å². The third kappa shape index (κ3) is 5.59. The lowest BCUT2D eigenvalue weighted by Crippen LogP contribution is -2.20. The van der Waals surface area contributed by atoms with Gasteiger partial charge >= 0.3 is 0 Å². The molecule has 0 fully saturated rings. The number of anilines is 4. The number of aliphatic hydroxyl groups is 1. The molecule has 0 radical (unpaired) electrons. The Labute approximate surface area is 185 Å². The van der Waals surface area contributed by atoms with Crippen LogP contribution in [0.3, 0.4) is 0 Å². The number of H-pyrrole nitrogens is 1. The Kier molecular flexibility index (Phi) is 7.12. The molecule has 0 spiro atoms. The third-order valence-electron chi connectivity index (χ3n) is 3.71. The van der Waals surface area contributed by atoms with E-state index >= 15 is 0 Å². The van der Waals surface area contributed by atoms with Gasteiger partial charge in [0.05, 0.1) is 16.0 Å². The van der Waals surface area contributed by atoms with E-state index in [9.17, 15) is 13.5 Å². The highest BCUT2D eigenvalue weighted by Crippen LogP contribution is 2.23. The monoisotopic (exact) mass is 514 g/mol. The molecular formula is C16H19BrN8O3S2. The Bertz CT molecular complexity index is 1110. The number of hydrogen-bond acceptors (Lipinski definition) is 10. The zero-order valence-electron chi connectivity index (χ0n) is 15.9. The van der Waals surface area contributed by atoms with E-state index in [0.717, 1.165) is 0 Å². The van der Waals surface area contributed by atoms with Crippen molar-refractivity contribution in [1.29, 1.82) is 0 Å². The number of aliphatic hydroxyl groups excluding tert-OH is 1. The zero-order chi connectivity index (χ0) is 21.7. The van der Waals surface area contributed by atoms with Crippen LogP contribution in [0, 0.1) is 0 Å². The van der Waals surface area contributed by atoms with Gasteiger partial charge in [-0.15, -0.1) is 5.10 Å². The summed E-state index contributed by atoms with van der Waals surface area (Å²) in [6.45, 7) is 1.77. The van der Waals surface area contributed by atoms with Crippen molar-refractivity contribution in [3.8, 4) is 0 Å². The number of nitrogens with one attached hydrogen (secondary N) is 4. The predicted octanol–water partition coefficient (Wildman–Crippen LogP) is 2.42. The fourth-order valence-electron chi connectivity index (χ4n) is 2.22. The fourth-order valence-corrected chi connectivity index (χ4v) is 3.78. The number of aromatic amines is 1. The van der Waals surface area contributed by atoms with Crippen molar-refractivity contribution < 1.29 is 13.5 Å². The lowest BCUT2D eigenvalue weighted by molar-refractivity contribution is 0.281. The number of hydrogen-bond donors (Lipinski definition) is 5. The summed E-state index contributed by atoms with van der Waals surface area (Å²) in [5.41, 5.74) is 0.597. The molecule has 1 atom stereocenters. The largest absolute Gasteiger partial charge is 0.394 e. The third-order valence-corrected chi connectivity index (χ3v) is 6.20. The predicted molar refractivity (Wildman–Crippen MR) is 119 cm³/mol. The first-order valence-electron chi connectivity index (χ1n) is 8.57. The Hall–Kier alpha value is -2.42. The molecule has 0 aliphatic rings. The highest BCUT2D eigenvalue weighted by Gasteiger charge is 2.17. The van der Waals surface area contributed by atoms with Crippen LogP contribution in [0.4, 0.5) is 23.4 Å². The van der Waals surface area contributed by atoms with Crippen LogP contribution in [0.2, 0.25) is 0 Å². The second-order valence-electron chi connectivity index (χ2n) is 6.04. The number of benzene rings is 1. The topological polar surface area (TPSA) is 158 Å². The standard InChI is InChI=1S/C16H19BrN8O3S2/c1-9(8-26)19-13-12(17)7-18-14(21-13)20-10-3-5-11(6-4-10)30(27,28)25-15-22-16(29-2)24-23-15/h3-7,9,26H,8H2,1-2H3,(H2,18,19,20,21)(H2,22,23,24,25)/t9-/m1/s1. The van der Waals surface area contributed by atoms with Gasteiger partial charge in [0.15, 0.2) is 5.16 Å². The molecule has 0 saturated heterocycles. The second kappa shape index (κ2) is 9.59. The molecule has 11 nitrogen and oxygen atoms in total. The highest BCUT2D eigenvalue weighted by atomic mass is 79.9. The molecule has 0 aliphatic heterocycles. The lowest BCUT2D eigenvalue weighted by atomic mass is 10.3. The van der Waals surface area contributed by atoms with Crippen molar-refractivity contribution in [3.05, 3.63) is 34.9 Å². The number of rotatable bonds is 9. The molecule has 14 heteroatoms. The van der Waals surface area contributed by atoms with Gasteiger partial charge in [-0.3, -0.25) is 5.10 Å². The highest BCUT2D eigenvalue weighted by molar-refractivity contribution is 9.10. The van der Waals surface area contributed by atoms with Crippen LogP contribution < -0.4 is 15.4 Å². The van der Waals surface area contributed by atoms with E-state index in [0.29, 0.717) is 27.1 Å². The maximum Gasteiger partial charge on any atom is 0.264 e. The van der Waals surface area contributed by atoms with E-state index in [-0.39, 0.29) is 23.5 Å². The molecule has 0 aliphatic carbocycles. The molecule has 0 amide bonds. The Morgan fingerprint density at radius 3 is 2.60 bits per heavy atom. The van der Waals surface area contributed by atoms with E-state index in [1.54, 1.807) is 24.6 Å². The lowest BCUT2D eigenvalue weighted by Gasteiger charge is -2.14. The van der Waals surface area contributed by atoms with Crippen LogP contribution in [0.25, 0.3) is 0 Å². The van der Waals surface area contributed by atoms with Gasteiger partial charge in [0.1, 0.15) is 5.82 Å². The minimum atomic E-state index is -3.83. The Balaban J connectivity index is 1.72. The summed E-state index contributed by atoms with van der Waals surface area (Å²) < 4.78 is 28.0. The summed E-state index contributed by atoms with van der Waals surface area (Å²) in [7, 11) is -3.83. The van der Waals surface area contributed by atoms with Gasteiger partial charge in [-0.05, 0) is 53.4 Å². The summed E-state index contributed by atoms with van der Waals surface area (Å²) in [5, 5.41) is 22.2. The molecule has 1 aromatic carbocycles. The SMILES string of the molecule is CSc1nc(NS(=O)(=O)c2ccc(Nc3ncc(Br)c(N[C@H](C)CO)n3)cc2)n[nH]1. The smallest absolute Gasteiger partial charge is 0.264 e. The summed E-state index contributed by atoms with van der Waals surface area (Å²) >= 11 is 4.67. The molecule has 160 valence electrons. The average Bonchev–Trinajstić information content (AvgIpc) is 3.17. The Morgan fingerprint density at radius 1 is 1.23 bits per heavy atom. The molecule has 0 bridgehead atoms. The number of sulfonamides is 1. The minimum Gasteiger partial charge on any atom is -0.394 e. The number of aromatic nitrogens is 5. The van der Waals surface area contributed by atoms with Crippen molar-refractivity contribution in [1.82, 2.24) is 25.1 Å². The maximum atomic E-state index is 12.5. The second-order valence-corrected chi connectivity index (χ2v) is 9.37. The summed E-state index contributed by atoms with van der Waals surface area (Å²) in [6.07, 6.45) is 3.37. The van der Waals surface area contributed by atoms with Gasteiger partial charge in [-0.25, -0.2) is 18.1 Å². The van der Waals surface area contributed by atoms with Crippen LogP contribution in [-0.2, 0) is 10.0 Å². The van der Waals surface area contributed by atoms with Crippen LogP contribution >= 0.6 is 27.7 Å². The van der Waals surface area contributed by atoms with E-state index in [2.05, 4.69) is 56.4 Å². The van der Waals surface area contributed by atoms with Gasteiger partial charge in [-0.2, -0.15) is 9.97 Å². The first-order valence-corrected chi connectivity index (χ1v) is 12.1. The van der Waals surface area contributed by atoms with Crippen molar-refractivity contribution in [2.24, 2.45) is 0 Å². The van der Waals surface area contributed by atoms with E-state index in [1.165, 1.54) is 23.9 Å². The molecule has 2 aromatic heterocycles. The summed E-state index contributed by atoms with van der Waals surface area (Å²) in [5.74, 6) is 0.806. The van der Waals surface area contributed by atoms with Crippen molar-refractivity contribution in [2.45, 2.75) is 23.0 Å². The maximum absolute atomic E-state index is 12.5. The van der Waals surface area contributed by atoms with Crippen LogP contribution in [0.1, 0.15) is 6.92 Å². The normalized spacial score (nSPS) is 12.4.